The number of nitrogens with zero attached hydrogens (tertiary/aromatic N) is 2. The van der Waals surface area contributed by atoms with Gasteiger partial charge in [0.15, 0.2) is 12.4 Å². The highest BCUT2D eigenvalue weighted by molar-refractivity contribution is 7.66. The third kappa shape index (κ3) is 6.48. The van der Waals surface area contributed by atoms with E-state index in [1.807, 2.05) is 0 Å². The van der Waals surface area contributed by atoms with Crippen molar-refractivity contribution in [2.75, 3.05) is 12.3 Å². The van der Waals surface area contributed by atoms with Gasteiger partial charge in [-0.25, -0.2) is 22.9 Å². The van der Waals surface area contributed by atoms with Crippen molar-refractivity contribution in [2.24, 2.45) is 0 Å². The summed E-state index contributed by atoms with van der Waals surface area (Å²) in [5, 5.41) is 10.3. The molecular formula is C11H19FN3O13P3. The van der Waals surface area contributed by atoms with Gasteiger partial charge in [-0.1, -0.05) is 6.92 Å². The first-order valence-electron chi connectivity index (χ1n) is 8.14. The molecule has 1 aliphatic rings. The van der Waals surface area contributed by atoms with Crippen LogP contribution in [0.1, 0.15) is 19.6 Å². The second-order valence-corrected chi connectivity index (χ2v) is 10.6. The maximum absolute atomic E-state index is 14.7. The van der Waals surface area contributed by atoms with Crippen LogP contribution in [0.25, 0.3) is 0 Å². The van der Waals surface area contributed by atoms with E-state index in [0.717, 1.165) is 12.3 Å². The van der Waals surface area contributed by atoms with E-state index in [1.165, 1.54) is 6.92 Å². The Morgan fingerprint density at radius 3 is 2.39 bits per heavy atom. The predicted octanol–water partition coefficient (Wildman–Crippen LogP) is -0.455. The average molecular weight is 513 g/mol. The molecule has 31 heavy (non-hydrogen) atoms. The number of ether oxygens (including phenoxy) is 1. The van der Waals surface area contributed by atoms with Gasteiger partial charge in [0.25, 0.3) is 0 Å². The number of phosphoric acid groups is 3. The Kier molecular flexibility index (Phi) is 7.65. The van der Waals surface area contributed by atoms with E-state index < -0.39 is 59.9 Å². The molecule has 1 aromatic heterocycles. The molecule has 20 heteroatoms. The highest BCUT2D eigenvalue weighted by atomic mass is 31.3. The van der Waals surface area contributed by atoms with Crippen LogP contribution in [-0.4, -0.2) is 58.7 Å². The van der Waals surface area contributed by atoms with Crippen LogP contribution in [0.2, 0.25) is 0 Å². The summed E-state index contributed by atoms with van der Waals surface area (Å²) >= 11 is 0. The SMILES string of the molecule is CCC1(COP(=O)(O)OP(=O)(O)OP(=O)(O)O)OC(n2ccc(N)nc2=O)C(F)C1O. The summed E-state index contributed by atoms with van der Waals surface area (Å²) in [7, 11) is -16.9. The summed E-state index contributed by atoms with van der Waals surface area (Å²) in [6, 6.07) is 1.15. The van der Waals surface area contributed by atoms with E-state index in [9.17, 15) is 32.9 Å². The molecule has 7 N–H and O–H groups in total. The van der Waals surface area contributed by atoms with Gasteiger partial charge in [0, 0.05) is 6.20 Å². The monoisotopic (exact) mass is 513 g/mol. The molecule has 1 aromatic rings. The van der Waals surface area contributed by atoms with Gasteiger partial charge in [-0.3, -0.25) is 9.09 Å². The Labute approximate surface area is 172 Å². The van der Waals surface area contributed by atoms with Crippen LogP contribution in [0.5, 0.6) is 0 Å². The van der Waals surface area contributed by atoms with E-state index in [-0.39, 0.29) is 12.2 Å². The van der Waals surface area contributed by atoms with Crippen molar-refractivity contribution >= 4 is 29.3 Å². The molecule has 2 heterocycles. The minimum atomic E-state index is -5.77. The molecule has 0 radical (unpaired) electrons. The first-order chi connectivity index (χ1) is 14.0. The maximum atomic E-state index is 14.7. The molecule has 0 amide bonds. The molecule has 0 aliphatic carbocycles. The zero-order valence-corrected chi connectivity index (χ0v) is 18.2. The third-order valence-electron chi connectivity index (χ3n) is 4.08. The van der Waals surface area contributed by atoms with Gasteiger partial charge in [0.2, 0.25) is 0 Å². The van der Waals surface area contributed by atoms with Gasteiger partial charge in [-0.15, -0.1) is 0 Å². The zero-order chi connectivity index (χ0) is 23.8. The number of aliphatic hydroxyl groups excluding tert-OH is 1. The second kappa shape index (κ2) is 9.06. The van der Waals surface area contributed by atoms with Crippen LogP contribution in [0, 0.1) is 0 Å². The second-order valence-electron chi connectivity index (χ2n) is 6.22. The smallest absolute Gasteiger partial charge is 0.387 e. The molecule has 0 spiro atoms. The van der Waals surface area contributed by atoms with Crippen LogP contribution in [-0.2, 0) is 31.6 Å². The van der Waals surface area contributed by atoms with Crippen molar-refractivity contribution < 1.29 is 60.6 Å². The fourth-order valence-corrected chi connectivity index (χ4v) is 5.74. The predicted molar refractivity (Wildman–Crippen MR) is 96.8 cm³/mol. The first kappa shape index (κ1) is 26.2. The number of hydrogen-bond acceptors (Lipinski definition) is 11. The van der Waals surface area contributed by atoms with E-state index in [4.69, 9.17) is 25.2 Å². The lowest BCUT2D eigenvalue weighted by Crippen LogP contribution is -2.45. The Morgan fingerprint density at radius 1 is 1.26 bits per heavy atom. The lowest BCUT2D eigenvalue weighted by molar-refractivity contribution is -0.128. The van der Waals surface area contributed by atoms with Gasteiger partial charge in [0.1, 0.15) is 17.5 Å². The van der Waals surface area contributed by atoms with Gasteiger partial charge < -0.3 is 35.2 Å². The number of nitrogens with two attached hydrogens (primary N) is 1. The first-order valence-corrected chi connectivity index (χ1v) is 12.7. The largest absolute Gasteiger partial charge is 0.490 e. The fraction of sp³-hybridized carbons (Fsp3) is 0.636. The molecule has 16 nitrogen and oxygen atoms in total. The maximum Gasteiger partial charge on any atom is 0.490 e. The van der Waals surface area contributed by atoms with Crippen molar-refractivity contribution in [3.8, 4) is 0 Å². The molecule has 1 aliphatic heterocycles. The van der Waals surface area contributed by atoms with Crippen molar-refractivity contribution in [1.82, 2.24) is 9.55 Å². The lowest BCUT2D eigenvalue weighted by Gasteiger charge is -2.30. The molecule has 0 aromatic carbocycles. The summed E-state index contributed by atoms with van der Waals surface area (Å²) in [5.74, 6) is -0.162. The fourth-order valence-electron chi connectivity index (χ4n) is 2.66. The minimum Gasteiger partial charge on any atom is -0.387 e. The zero-order valence-electron chi connectivity index (χ0n) is 15.5. The number of aliphatic hydroxyl groups is 1. The summed E-state index contributed by atoms with van der Waals surface area (Å²) < 4.78 is 66.3. The Bertz CT molecular complexity index is 1020. The van der Waals surface area contributed by atoms with Gasteiger partial charge in [-0.2, -0.15) is 13.6 Å². The molecule has 1 saturated heterocycles. The van der Waals surface area contributed by atoms with Crippen LogP contribution >= 0.6 is 23.5 Å². The van der Waals surface area contributed by atoms with Crippen LogP contribution in [0.15, 0.2) is 17.1 Å². The summed E-state index contributed by atoms with van der Waals surface area (Å²) in [5.41, 5.74) is 2.29. The molecule has 6 unspecified atom stereocenters. The lowest BCUT2D eigenvalue weighted by atomic mass is 9.94. The number of phosphoric ester groups is 1. The summed E-state index contributed by atoms with van der Waals surface area (Å²) in [6.45, 7) is 0.255. The molecule has 0 bridgehead atoms. The Balaban J connectivity index is 2.20. The van der Waals surface area contributed by atoms with Crippen molar-refractivity contribution in [3.05, 3.63) is 22.7 Å². The van der Waals surface area contributed by atoms with Gasteiger partial charge in [0.05, 0.1) is 6.61 Å². The van der Waals surface area contributed by atoms with Gasteiger partial charge in [-0.05, 0) is 12.5 Å². The van der Waals surface area contributed by atoms with Crippen LogP contribution in [0.4, 0.5) is 10.2 Å². The molecule has 0 saturated carbocycles. The number of hydrogen-bond donors (Lipinski definition) is 6. The Morgan fingerprint density at radius 2 is 1.87 bits per heavy atom. The number of aromatic nitrogens is 2. The van der Waals surface area contributed by atoms with Crippen LogP contribution in [0.3, 0.4) is 0 Å². The highest BCUT2D eigenvalue weighted by Gasteiger charge is 2.56. The van der Waals surface area contributed by atoms with Gasteiger partial charge >= 0.3 is 29.2 Å². The number of alkyl halides is 1. The minimum absolute atomic E-state index is 0.162. The van der Waals surface area contributed by atoms with Crippen molar-refractivity contribution in [2.45, 2.75) is 37.4 Å². The van der Waals surface area contributed by atoms with E-state index >= 15 is 0 Å². The summed E-state index contributed by atoms with van der Waals surface area (Å²) in [4.78, 5) is 51.0. The van der Waals surface area contributed by atoms with Crippen LogP contribution < -0.4 is 11.4 Å². The van der Waals surface area contributed by atoms with Crippen molar-refractivity contribution in [1.29, 1.82) is 0 Å². The topological polar surface area (TPSA) is 250 Å². The molecule has 178 valence electrons. The third-order valence-corrected chi connectivity index (χ3v) is 7.86. The van der Waals surface area contributed by atoms with E-state index in [2.05, 4.69) is 18.1 Å². The Hall–Kier alpha value is -1.06. The standard InChI is InChI=1S/C11H19FN3O13P3/c1-2-11(5-25-30(21,22)28-31(23,24)27-29(18,19)20)8(16)7(12)9(26-11)15-4-3-6(13)14-10(15)17/h3-4,7-9,16H,2,5H2,1H3,(H,21,22)(H,23,24)(H2,13,14,17)(H2,18,19,20). The normalized spacial score (nSPS) is 30.6. The average Bonchev–Trinajstić information content (AvgIpc) is 2.82. The highest BCUT2D eigenvalue weighted by Crippen LogP contribution is 2.66. The number of halogens is 1. The molecular weight excluding hydrogens is 494 g/mol. The van der Waals surface area contributed by atoms with Crippen molar-refractivity contribution in [3.63, 3.8) is 0 Å². The summed E-state index contributed by atoms with van der Waals surface area (Å²) in [6.07, 6.45) is -5.20. The number of anilines is 1. The van der Waals surface area contributed by atoms with E-state index in [1.54, 1.807) is 0 Å². The molecule has 1 fully saturated rings. The molecule has 2 rings (SSSR count). The number of nitrogen functional groups attached to an aromatic ring is 1. The molecule has 6 atom stereocenters. The number of rotatable bonds is 9. The quantitative estimate of drug-likeness (QED) is 0.229. The van der Waals surface area contributed by atoms with E-state index in [0.29, 0.717) is 4.57 Å².